The molecular weight excluding hydrogens is 476 g/mol. The zero-order chi connectivity index (χ0) is 25.7. The Morgan fingerprint density at radius 2 is 1.71 bits per heavy atom. The van der Waals surface area contributed by atoms with Crippen LogP contribution in [0.2, 0.25) is 0 Å². The lowest BCUT2D eigenvalue weighted by atomic mass is 9.99. The molecule has 2 bridgehead atoms. The molecule has 2 saturated carbocycles. The Labute approximate surface area is 224 Å². The van der Waals surface area contributed by atoms with Gasteiger partial charge in [0, 0.05) is 74.7 Å². The summed E-state index contributed by atoms with van der Waals surface area (Å²) >= 11 is 0. The number of piperazine rings is 2. The number of carbonyl (C=O) groups is 2. The van der Waals surface area contributed by atoms with Crippen molar-refractivity contribution in [3.8, 4) is 0 Å². The van der Waals surface area contributed by atoms with Crippen LogP contribution in [-0.2, 0) is 11.3 Å². The maximum atomic E-state index is 13.8. The molecule has 1 aromatic heterocycles. The number of rotatable bonds is 4. The fourth-order valence-electron chi connectivity index (χ4n) is 8.21. The monoisotopic (exact) mass is 514 g/mol. The molecule has 3 aliphatic heterocycles. The Bertz CT molecular complexity index is 1320. The van der Waals surface area contributed by atoms with Gasteiger partial charge < -0.3 is 14.7 Å². The first-order valence-corrected chi connectivity index (χ1v) is 14.7. The molecule has 38 heavy (non-hydrogen) atoms. The molecule has 200 valence electrons. The second-order valence-electron chi connectivity index (χ2n) is 12.5. The molecule has 0 spiro atoms. The molecule has 4 heterocycles. The first-order chi connectivity index (χ1) is 18.5. The zero-order valence-corrected chi connectivity index (χ0v) is 22.6. The van der Waals surface area contributed by atoms with Crippen LogP contribution in [0.25, 0.3) is 0 Å². The predicted molar refractivity (Wildman–Crippen MR) is 145 cm³/mol. The van der Waals surface area contributed by atoms with Crippen molar-refractivity contribution in [1.29, 1.82) is 0 Å². The van der Waals surface area contributed by atoms with E-state index < -0.39 is 0 Å². The van der Waals surface area contributed by atoms with Crippen molar-refractivity contribution in [2.75, 3.05) is 57.3 Å². The Kier molecular flexibility index (Phi) is 5.04. The summed E-state index contributed by atoms with van der Waals surface area (Å²) in [5.74, 6) is 2.78. The second kappa shape index (κ2) is 8.31. The number of benzene rings is 1. The van der Waals surface area contributed by atoms with E-state index in [0.717, 1.165) is 57.6 Å². The summed E-state index contributed by atoms with van der Waals surface area (Å²) in [5, 5.41) is 4.88. The van der Waals surface area contributed by atoms with Crippen molar-refractivity contribution >= 4 is 17.5 Å². The average Bonchev–Trinajstić information content (AvgIpc) is 3.72. The number of piperidine rings is 1. The van der Waals surface area contributed by atoms with E-state index in [4.69, 9.17) is 5.10 Å². The molecule has 5 fully saturated rings. The summed E-state index contributed by atoms with van der Waals surface area (Å²) in [6.45, 7) is 11.5. The van der Waals surface area contributed by atoms with E-state index in [1.807, 2.05) is 9.58 Å². The van der Waals surface area contributed by atoms with E-state index in [1.165, 1.54) is 53.9 Å². The molecule has 8 heteroatoms. The number of amides is 2. The van der Waals surface area contributed by atoms with Crippen LogP contribution in [0.4, 0.5) is 5.69 Å². The molecule has 8 nitrogen and oxygen atoms in total. The van der Waals surface area contributed by atoms with Crippen LogP contribution in [-0.4, -0.2) is 94.7 Å². The van der Waals surface area contributed by atoms with Crippen molar-refractivity contribution < 1.29 is 9.59 Å². The molecule has 4 aliphatic carbocycles. The van der Waals surface area contributed by atoms with Crippen LogP contribution in [0.5, 0.6) is 0 Å². The first-order valence-electron chi connectivity index (χ1n) is 14.7. The van der Waals surface area contributed by atoms with Gasteiger partial charge in [0.2, 0.25) is 5.91 Å². The van der Waals surface area contributed by atoms with Crippen molar-refractivity contribution in [1.82, 2.24) is 24.5 Å². The van der Waals surface area contributed by atoms with Gasteiger partial charge in [0.25, 0.3) is 5.91 Å². The smallest absolute Gasteiger partial charge is 0.274 e. The van der Waals surface area contributed by atoms with Crippen molar-refractivity contribution in [3.05, 3.63) is 46.3 Å². The van der Waals surface area contributed by atoms with Crippen molar-refractivity contribution in [2.45, 2.75) is 57.5 Å². The number of anilines is 1. The minimum atomic E-state index is 0.103. The second-order valence-corrected chi connectivity index (χ2v) is 12.5. The summed E-state index contributed by atoms with van der Waals surface area (Å²) in [6, 6.07) is 6.96. The SMILES string of the molecule is Cc1cccc(N2CCN(C(=O)Cn3nc(C(=O)N4CCN5CCCC[C@@H]5C4)c4c3C3C5C4[C@@H]35)CC2)c1C. The van der Waals surface area contributed by atoms with Gasteiger partial charge >= 0.3 is 0 Å². The maximum Gasteiger partial charge on any atom is 0.274 e. The zero-order valence-electron chi connectivity index (χ0n) is 22.6. The van der Waals surface area contributed by atoms with Gasteiger partial charge in [-0.3, -0.25) is 19.2 Å². The van der Waals surface area contributed by atoms with E-state index in [1.54, 1.807) is 0 Å². The Hall–Kier alpha value is -2.87. The van der Waals surface area contributed by atoms with Gasteiger partial charge in [-0.1, -0.05) is 18.6 Å². The molecule has 2 aromatic rings. The van der Waals surface area contributed by atoms with Crippen LogP contribution in [0, 0.1) is 25.7 Å². The van der Waals surface area contributed by atoms with E-state index in [2.05, 4.69) is 46.7 Å². The molecular formula is C30H38N6O2. The number of hydrogen-bond donors (Lipinski definition) is 0. The van der Waals surface area contributed by atoms with Crippen molar-refractivity contribution in [3.63, 3.8) is 0 Å². The fraction of sp³-hybridized carbons (Fsp3) is 0.633. The number of hydrogen-bond acceptors (Lipinski definition) is 5. The molecule has 7 aliphatic rings. The molecule has 5 atom stereocenters. The maximum absolute atomic E-state index is 13.8. The highest BCUT2D eigenvalue weighted by Crippen LogP contribution is 2.88. The summed E-state index contributed by atoms with van der Waals surface area (Å²) in [4.78, 5) is 36.2. The molecule has 3 unspecified atom stereocenters. The fourth-order valence-corrected chi connectivity index (χ4v) is 8.21. The van der Waals surface area contributed by atoms with E-state index in [9.17, 15) is 9.59 Å². The van der Waals surface area contributed by atoms with Gasteiger partial charge in [0.15, 0.2) is 5.69 Å². The van der Waals surface area contributed by atoms with Crippen molar-refractivity contribution in [2.24, 2.45) is 11.8 Å². The largest absolute Gasteiger partial charge is 0.368 e. The standard InChI is InChI=1S/C30H38N6O2/c1-18-6-5-8-21(19(18)2)33-11-13-34(14-12-33)22(37)17-36-29-26-23-24(26)25(23)27(29)28(31-36)30(38)35-15-10-32-9-4-3-7-20(32)16-35/h5-6,8,20,23-26H,3-4,7,9-17H2,1-2H3/t20-,23+,24?,25?,26?/m1/s1. The first kappa shape index (κ1) is 23.1. The van der Waals surface area contributed by atoms with Gasteiger partial charge in [-0.15, -0.1) is 0 Å². The summed E-state index contributed by atoms with van der Waals surface area (Å²) in [5.41, 5.74) is 6.99. The number of aromatic nitrogens is 2. The molecule has 2 amide bonds. The van der Waals surface area contributed by atoms with Gasteiger partial charge in [0.05, 0.1) is 0 Å². The Balaban J connectivity index is 0.970. The average molecular weight is 515 g/mol. The van der Waals surface area contributed by atoms with E-state index in [0.29, 0.717) is 23.6 Å². The topological polar surface area (TPSA) is 64.9 Å². The third kappa shape index (κ3) is 3.34. The minimum absolute atomic E-state index is 0.103. The van der Waals surface area contributed by atoms with Crippen LogP contribution in [0.15, 0.2) is 18.2 Å². The van der Waals surface area contributed by atoms with Crippen LogP contribution in [0.3, 0.4) is 0 Å². The number of fused-ring (bicyclic) bond motifs is 1. The normalized spacial score (nSPS) is 31.1. The summed E-state index contributed by atoms with van der Waals surface area (Å²) in [7, 11) is 0. The van der Waals surface area contributed by atoms with Gasteiger partial charge in [-0.05, 0) is 68.2 Å². The molecule has 1 aromatic carbocycles. The highest BCUT2D eigenvalue weighted by atomic mass is 16.2. The highest BCUT2D eigenvalue weighted by molar-refractivity contribution is 5.96. The number of aryl methyl sites for hydroxylation is 1. The van der Waals surface area contributed by atoms with Gasteiger partial charge in [0.1, 0.15) is 6.54 Å². The van der Waals surface area contributed by atoms with E-state index in [-0.39, 0.29) is 18.4 Å². The third-order valence-corrected chi connectivity index (χ3v) is 10.7. The molecule has 3 saturated heterocycles. The minimum Gasteiger partial charge on any atom is -0.368 e. The lowest BCUT2D eigenvalue weighted by molar-refractivity contribution is -0.132. The quantitative estimate of drug-likeness (QED) is 0.628. The lowest BCUT2D eigenvalue weighted by Crippen LogP contribution is -2.56. The lowest BCUT2D eigenvalue weighted by Gasteiger charge is -2.43. The van der Waals surface area contributed by atoms with Crippen LogP contribution < -0.4 is 4.90 Å². The summed E-state index contributed by atoms with van der Waals surface area (Å²) < 4.78 is 1.93. The third-order valence-electron chi connectivity index (χ3n) is 10.7. The summed E-state index contributed by atoms with van der Waals surface area (Å²) in [6.07, 6.45) is 3.74. The van der Waals surface area contributed by atoms with Gasteiger partial charge in [-0.2, -0.15) is 5.10 Å². The van der Waals surface area contributed by atoms with E-state index >= 15 is 0 Å². The highest BCUT2D eigenvalue weighted by Gasteiger charge is 2.81. The predicted octanol–water partition coefficient (Wildman–Crippen LogP) is 2.60. The van der Waals surface area contributed by atoms with Gasteiger partial charge in [-0.25, -0.2) is 0 Å². The molecule has 0 N–H and O–H groups in total. The van der Waals surface area contributed by atoms with Crippen LogP contribution in [0.1, 0.15) is 64.0 Å². The molecule has 0 radical (unpaired) electrons. The Morgan fingerprint density at radius 3 is 2.53 bits per heavy atom. The Morgan fingerprint density at radius 1 is 0.921 bits per heavy atom. The number of nitrogens with zero attached hydrogens (tertiary/aromatic N) is 6. The molecule has 9 rings (SSSR count). The van der Waals surface area contributed by atoms with Crippen LogP contribution >= 0.6 is 0 Å². The number of carbonyl (C=O) groups excluding carboxylic acids is 2.